The van der Waals surface area contributed by atoms with E-state index >= 15 is 0 Å². The summed E-state index contributed by atoms with van der Waals surface area (Å²) in [6.45, 7) is 5.57. The van der Waals surface area contributed by atoms with Crippen molar-refractivity contribution in [1.82, 2.24) is 25.0 Å². The van der Waals surface area contributed by atoms with Gasteiger partial charge in [0.2, 0.25) is 17.7 Å². The van der Waals surface area contributed by atoms with E-state index < -0.39 is 0 Å². The molecule has 2 aromatic heterocycles. The number of aromatic nitrogens is 5. The molecule has 2 rings (SSSR count). The van der Waals surface area contributed by atoms with Crippen molar-refractivity contribution in [3.63, 3.8) is 0 Å². The summed E-state index contributed by atoms with van der Waals surface area (Å²) in [6.07, 6.45) is 0. The Morgan fingerprint density at radius 1 is 1.40 bits per heavy atom. The number of carbonyl (C=O) groups is 1. The Hall–Kier alpha value is -2.10. The van der Waals surface area contributed by atoms with Crippen LogP contribution >= 0.6 is 11.8 Å². The van der Waals surface area contributed by atoms with E-state index in [4.69, 9.17) is 10.2 Å². The Bertz CT molecular complexity index is 607. The fourth-order valence-corrected chi connectivity index (χ4v) is 2.38. The van der Waals surface area contributed by atoms with E-state index in [2.05, 4.69) is 25.7 Å². The minimum Gasteiger partial charge on any atom is -0.408 e. The highest BCUT2D eigenvalue weighted by Gasteiger charge is 2.15. The van der Waals surface area contributed by atoms with Crippen LogP contribution in [0.2, 0.25) is 0 Å². The minimum atomic E-state index is -0.268. The van der Waals surface area contributed by atoms with Crippen molar-refractivity contribution in [2.45, 2.75) is 32.0 Å². The summed E-state index contributed by atoms with van der Waals surface area (Å²) in [5.74, 6) is 0.595. The number of amides is 1. The van der Waals surface area contributed by atoms with Gasteiger partial charge >= 0.3 is 6.01 Å². The quantitative estimate of drug-likeness (QED) is 0.778. The van der Waals surface area contributed by atoms with E-state index in [-0.39, 0.29) is 23.7 Å². The summed E-state index contributed by atoms with van der Waals surface area (Å²) in [5.41, 5.74) is 5.72. The van der Waals surface area contributed by atoms with Gasteiger partial charge in [0, 0.05) is 13.0 Å². The molecule has 0 aliphatic heterocycles. The molecule has 0 aliphatic rings. The molecule has 108 valence electrons. The van der Waals surface area contributed by atoms with Crippen LogP contribution < -0.4 is 11.1 Å². The zero-order chi connectivity index (χ0) is 14.7. The van der Waals surface area contributed by atoms with E-state index in [1.165, 1.54) is 11.8 Å². The van der Waals surface area contributed by atoms with E-state index in [0.717, 1.165) is 0 Å². The number of anilines is 2. The number of hydrogen-bond acceptors (Lipinski definition) is 8. The van der Waals surface area contributed by atoms with Crippen LogP contribution in [0, 0.1) is 6.92 Å². The Kier molecular flexibility index (Phi) is 4.23. The molecule has 0 bridgehead atoms. The lowest BCUT2D eigenvalue weighted by atomic mass is 10.4. The Morgan fingerprint density at radius 3 is 2.75 bits per heavy atom. The summed E-state index contributed by atoms with van der Waals surface area (Å²) in [5, 5.41) is 18.1. The van der Waals surface area contributed by atoms with E-state index in [9.17, 15) is 4.79 Å². The summed E-state index contributed by atoms with van der Waals surface area (Å²) >= 11 is 1.24. The number of rotatable bonds is 5. The van der Waals surface area contributed by atoms with Gasteiger partial charge in [-0.3, -0.25) is 14.7 Å². The minimum absolute atomic E-state index is 0.0814. The SMILES string of the molecule is Cc1nnc(NC(=O)CSc2nnc(N)n2C(C)C)o1. The lowest BCUT2D eigenvalue weighted by Gasteiger charge is -2.10. The van der Waals surface area contributed by atoms with Crippen LogP contribution in [0.3, 0.4) is 0 Å². The van der Waals surface area contributed by atoms with Gasteiger partial charge in [0.05, 0.1) is 5.75 Å². The van der Waals surface area contributed by atoms with Gasteiger partial charge in [-0.1, -0.05) is 16.9 Å². The second-order valence-corrected chi connectivity index (χ2v) is 5.21. The number of nitrogens with one attached hydrogen (secondary N) is 1. The molecular weight excluding hydrogens is 282 g/mol. The molecule has 9 nitrogen and oxygen atoms in total. The van der Waals surface area contributed by atoms with Gasteiger partial charge in [-0.15, -0.1) is 15.3 Å². The highest BCUT2D eigenvalue weighted by molar-refractivity contribution is 7.99. The topological polar surface area (TPSA) is 125 Å². The third-order valence-electron chi connectivity index (χ3n) is 2.31. The van der Waals surface area contributed by atoms with Crippen molar-refractivity contribution in [2.75, 3.05) is 16.8 Å². The molecule has 0 radical (unpaired) electrons. The molecule has 2 heterocycles. The molecule has 0 unspecified atom stereocenters. The summed E-state index contributed by atoms with van der Waals surface area (Å²) in [6, 6.07) is 0.201. The molecule has 0 atom stereocenters. The van der Waals surface area contributed by atoms with Crippen molar-refractivity contribution in [3.05, 3.63) is 5.89 Å². The van der Waals surface area contributed by atoms with Crippen molar-refractivity contribution >= 4 is 29.6 Å². The van der Waals surface area contributed by atoms with E-state index in [1.54, 1.807) is 11.5 Å². The highest BCUT2D eigenvalue weighted by Crippen LogP contribution is 2.22. The Balaban J connectivity index is 1.93. The number of hydrogen-bond donors (Lipinski definition) is 2. The summed E-state index contributed by atoms with van der Waals surface area (Å²) < 4.78 is 6.81. The Morgan fingerprint density at radius 2 is 2.15 bits per heavy atom. The molecule has 0 saturated heterocycles. The molecule has 0 aliphatic carbocycles. The van der Waals surface area contributed by atoms with Crippen LogP contribution in [0.5, 0.6) is 0 Å². The molecule has 0 fully saturated rings. The van der Waals surface area contributed by atoms with Gasteiger partial charge in [0.1, 0.15) is 0 Å². The second kappa shape index (κ2) is 5.90. The first-order valence-corrected chi connectivity index (χ1v) is 6.89. The molecular formula is C10H15N7O2S. The maximum Gasteiger partial charge on any atom is 0.322 e. The number of carbonyl (C=O) groups excluding carboxylic acids is 1. The van der Waals surface area contributed by atoms with Crippen LogP contribution in [-0.2, 0) is 4.79 Å². The largest absolute Gasteiger partial charge is 0.408 e. The standard InChI is InChI=1S/C10H15N7O2S/c1-5(2)17-8(11)14-16-10(17)20-4-7(18)12-9-15-13-6(3)19-9/h5H,4H2,1-3H3,(H2,11,14)(H,12,15,18). The lowest BCUT2D eigenvalue weighted by Crippen LogP contribution is -2.15. The van der Waals surface area contributed by atoms with Crippen LogP contribution in [0.1, 0.15) is 25.8 Å². The molecule has 0 spiro atoms. The van der Waals surface area contributed by atoms with Gasteiger partial charge in [-0.05, 0) is 13.8 Å². The predicted octanol–water partition coefficient (Wildman–Crippen LogP) is 0.863. The average molecular weight is 297 g/mol. The van der Waals surface area contributed by atoms with Crippen LogP contribution in [0.25, 0.3) is 0 Å². The van der Waals surface area contributed by atoms with Gasteiger partial charge in [-0.2, -0.15) is 0 Å². The normalized spacial score (nSPS) is 11.0. The highest BCUT2D eigenvalue weighted by atomic mass is 32.2. The fraction of sp³-hybridized carbons (Fsp3) is 0.500. The molecule has 3 N–H and O–H groups in total. The van der Waals surface area contributed by atoms with Crippen molar-refractivity contribution < 1.29 is 9.21 Å². The van der Waals surface area contributed by atoms with Crippen molar-refractivity contribution in [1.29, 1.82) is 0 Å². The van der Waals surface area contributed by atoms with E-state index in [0.29, 0.717) is 17.0 Å². The molecule has 1 amide bonds. The molecule has 0 saturated carbocycles. The first-order valence-electron chi connectivity index (χ1n) is 5.90. The Labute approximate surface area is 119 Å². The molecule has 2 aromatic rings. The van der Waals surface area contributed by atoms with Crippen molar-refractivity contribution in [3.8, 4) is 0 Å². The van der Waals surface area contributed by atoms with E-state index in [1.807, 2.05) is 13.8 Å². The summed E-state index contributed by atoms with van der Waals surface area (Å²) in [7, 11) is 0. The second-order valence-electron chi connectivity index (χ2n) is 4.27. The van der Waals surface area contributed by atoms with Gasteiger partial charge in [0.25, 0.3) is 0 Å². The van der Waals surface area contributed by atoms with Gasteiger partial charge in [0.15, 0.2) is 5.16 Å². The number of nitrogens with two attached hydrogens (primary N) is 1. The van der Waals surface area contributed by atoms with Crippen LogP contribution in [0.15, 0.2) is 9.57 Å². The number of aryl methyl sites for hydroxylation is 1. The average Bonchev–Trinajstić information content (AvgIpc) is 2.93. The zero-order valence-corrected chi connectivity index (χ0v) is 12.1. The maximum absolute atomic E-state index is 11.7. The lowest BCUT2D eigenvalue weighted by molar-refractivity contribution is -0.113. The monoisotopic (exact) mass is 297 g/mol. The van der Waals surface area contributed by atoms with Crippen molar-refractivity contribution in [2.24, 2.45) is 0 Å². The van der Waals surface area contributed by atoms with Crippen LogP contribution in [-0.4, -0.2) is 36.6 Å². The third-order valence-corrected chi connectivity index (χ3v) is 3.26. The smallest absolute Gasteiger partial charge is 0.322 e. The zero-order valence-electron chi connectivity index (χ0n) is 11.3. The van der Waals surface area contributed by atoms with Gasteiger partial charge in [-0.25, -0.2) is 0 Å². The molecule has 20 heavy (non-hydrogen) atoms. The van der Waals surface area contributed by atoms with Crippen LogP contribution in [0.4, 0.5) is 12.0 Å². The first-order chi connectivity index (χ1) is 9.47. The van der Waals surface area contributed by atoms with Gasteiger partial charge < -0.3 is 10.2 Å². The maximum atomic E-state index is 11.7. The fourth-order valence-electron chi connectivity index (χ4n) is 1.50. The number of thioether (sulfide) groups is 1. The summed E-state index contributed by atoms with van der Waals surface area (Å²) in [4.78, 5) is 11.7. The molecule has 10 heteroatoms. The first kappa shape index (κ1) is 14.3. The predicted molar refractivity (Wildman–Crippen MR) is 73.2 cm³/mol. The number of nitrogens with zero attached hydrogens (tertiary/aromatic N) is 5. The third kappa shape index (κ3) is 3.26. The number of nitrogen functional groups attached to an aromatic ring is 1. The molecule has 0 aromatic carbocycles.